The molecule has 0 N–H and O–H groups in total. The Labute approximate surface area is 111 Å². The molecule has 0 aromatic rings. The summed E-state index contributed by atoms with van der Waals surface area (Å²) in [4.78, 5) is 12.1. The molecule has 0 bridgehead atoms. The van der Waals surface area contributed by atoms with E-state index < -0.39 is 0 Å². The monoisotopic (exact) mass is 246 g/mol. The van der Waals surface area contributed by atoms with Gasteiger partial charge >= 0.3 is 0 Å². The van der Waals surface area contributed by atoms with Crippen LogP contribution in [0.15, 0.2) is 23.3 Å². The van der Waals surface area contributed by atoms with Gasteiger partial charge in [-0.2, -0.15) is 0 Å². The molecular weight excluding hydrogens is 220 g/mol. The van der Waals surface area contributed by atoms with Crippen LogP contribution in [0.2, 0.25) is 0 Å². The van der Waals surface area contributed by atoms with E-state index in [0.29, 0.717) is 11.7 Å². The Morgan fingerprint density at radius 3 is 2.72 bits per heavy atom. The molecule has 0 saturated heterocycles. The molecule has 1 nitrogen and oxygen atoms in total. The number of Topliss-reactive ketones (excluding diaryl/α,β-unsaturated/α-hetero) is 1. The molecule has 2 aliphatic carbocycles. The molecular formula is C17H26O. The highest BCUT2D eigenvalue weighted by Gasteiger charge is 2.46. The SMILES string of the molecule is CC(C)=CCCC1=C[C@@H](C)[C@]2(CCCC2=O)CC1. The zero-order valence-corrected chi connectivity index (χ0v) is 12.1. The lowest BCUT2D eigenvalue weighted by Gasteiger charge is -2.37. The van der Waals surface area contributed by atoms with Gasteiger partial charge in [0.2, 0.25) is 0 Å². The van der Waals surface area contributed by atoms with Crippen molar-refractivity contribution in [3.05, 3.63) is 23.3 Å². The predicted molar refractivity (Wildman–Crippen MR) is 76.4 cm³/mol. The number of hydrogen-bond donors (Lipinski definition) is 0. The van der Waals surface area contributed by atoms with Crippen LogP contribution in [0.4, 0.5) is 0 Å². The van der Waals surface area contributed by atoms with Crippen molar-refractivity contribution in [2.24, 2.45) is 11.3 Å². The number of rotatable bonds is 3. The molecule has 1 saturated carbocycles. The number of hydrogen-bond acceptors (Lipinski definition) is 1. The van der Waals surface area contributed by atoms with Gasteiger partial charge in [0.25, 0.3) is 0 Å². The Balaban J connectivity index is 2.00. The first kappa shape index (κ1) is 13.6. The number of carbonyl (C=O) groups excluding carboxylic acids is 1. The maximum atomic E-state index is 12.1. The third-order valence-corrected chi connectivity index (χ3v) is 4.85. The highest BCUT2D eigenvalue weighted by Crippen LogP contribution is 2.49. The summed E-state index contributed by atoms with van der Waals surface area (Å²) in [6, 6.07) is 0. The topological polar surface area (TPSA) is 17.1 Å². The van der Waals surface area contributed by atoms with Gasteiger partial charge in [-0.05, 0) is 58.3 Å². The highest BCUT2D eigenvalue weighted by molar-refractivity contribution is 5.87. The lowest BCUT2D eigenvalue weighted by molar-refractivity contribution is -0.128. The standard InChI is InChI=1S/C17H26O/c1-13(2)6-4-7-15-9-11-17(14(3)12-15)10-5-8-16(17)18/h6,12,14H,4-5,7-11H2,1-3H3/t14-,17+/m1/s1. The smallest absolute Gasteiger partial charge is 0.139 e. The minimum absolute atomic E-state index is 0.0278. The van der Waals surface area contributed by atoms with Crippen molar-refractivity contribution < 1.29 is 4.79 Å². The minimum Gasteiger partial charge on any atom is -0.299 e. The molecule has 2 atom stereocenters. The molecule has 2 aliphatic rings. The molecule has 1 fully saturated rings. The van der Waals surface area contributed by atoms with E-state index in [0.717, 1.165) is 38.5 Å². The fourth-order valence-electron chi connectivity index (χ4n) is 3.66. The number of ketones is 1. The number of allylic oxidation sites excluding steroid dienone is 4. The van der Waals surface area contributed by atoms with Crippen molar-refractivity contribution in [3.8, 4) is 0 Å². The van der Waals surface area contributed by atoms with Crippen molar-refractivity contribution in [2.75, 3.05) is 0 Å². The van der Waals surface area contributed by atoms with Crippen LogP contribution in [0.3, 0.4) is 0 Å². The van der Waals surface area contributed by atoms with E-state index in [1.165, 1.54) is 12.0 Å². The molecule has 2 rings (SSSR count). The maximum absolute atomic E-state index is 12.1. The first-order valence-electron chi connectivity index (χ1n) is 7.41. The van der Waals surface area contributed by atoms with E-state index in [-0.39, 0.29) is 5.41 Å². The van der Waals surface area contributed by atoms with Crippen LogP contribution >= 0.6 is 0 Å². The molecule has 18 heavy (non-hydrogen) atoms. The molecule has 0 heterocycles. The zero-order valence-electron chi connectivity index (χ0n) is 12.1. The summed E-state index contributed by atoms with van der Waals surface area (Å²) in [5.41, 5.74) is 3.01. The highest BCUT2D eigenvalue weighted by atomic mass is 16.1. The van der Waals surface area contributed by atoms with E-state index in [1.807, 2.05) is 0 Å². The molecule has 100 valence electrons. The summed E-state index contributed by atoms with van der Waals surface area (Å²) in [5, 5.41) is 0. The minimum atomic E-state index is 0.0278. The average Bonchev–Trinajstić information content (AvgIpc) is 2.66. The number of carbonyl (C=O) groups is 1. The van der Waals surface area contributed by atoms with E-state index >= 15 is 0 Å². The van der Waals surface area contributed by atoms with Crippen LogP contribution < -0.4 is 0 Å². The first-order chi connectivity index (χ1) is 8.54. The lowest BCUT2D eigenvalue weighted by atomic mass is 9.66. The van der Waals surface area contributed by atoms with Gasteiger partial charge in [0.05, 0.1) is 0 Å². The van der Waals surface area contributed by atoms with E-state index in [4.69, 9.17) is 0 Å². The average molecular weight is 246 g/mol. The fraction of sp³-hybridized carbons (Fsp3) is 0.706. The molecule has 0 unspecified atom stereocenters. The van der Waals surface area contributed by atoms with Gasteiger partial charge in [-0.3, -0.25) is 4.79 Å². The Kier molecular flexibility index (Phi) is 4.09. The summed E-state index contributed by atoms with van der Waals surface area (Å²) >= 11 is 0. The van der Waals surface area contributed by atoms with Crippen molar-refractivity contribution in [2.45, 2.75) is 65.7 Å². The van der Waals surface area contributed by atoms with Gasteiger partial charge < -0.3 is 0 Å². The summed E-state index contributed by atoms with van der Waals surface area (Å²) in [5.74, 6) is 0.998. The van der Waals surface area contributed by atoms with Gasteiger partial charge in [0.15, 0.2) is 0 Å². The zero-order chi connectivity index (χ0) is 13.2. The molecule has 0 amide bonds. The van der Waals surface area contributed by atoms with Crippen LogP contribution in [0.5, 0.6) is 0 Å². The van der Waals surface area contributed by atoms with E-state index in [2.05, 4.69) is 32.9 Å². The second kappa shape index (κ2) is 5.42. The Bertz CT molecular complexity index is 384. The Hall–Kier alpha value is -0.850. The van der Waals surface area contributed by atoms with Crippen molar-refractivity contribution >= 4 is 5.78 Å². The summed E-state index contributed by atoms with van der Waals surface area (Å²) < 4.78 is 0. The Morgan fingerprint density at radius 1 is 1.39 bits per heavy atom. The van der Waals surface area contributed by atoms with Gasteiger partial charge in [-0.25, -0.2) is 0 Å². The predicted octanol–water partition coefficient (Wildman–Crippen LogP) is 4.83. The van der Waals surface area contributed by atoms with Gasteiger partial charge in [0.1, 0.15) is 5.78 Å². The van der Waals surface area contributed by atoms with Crippen LogP contribution in [-0.4, -0.2) is 5.78 Å². The Morgan fingerprint density at radius 2 is 2.17 bits per heavy atom. The van der Waals surface area contributed by atoms with E-state index in [1.54, 1.807) is 5.57 Å². The van der Waals surface area contributed by atoms with Crippen LogP contribution in [0.25, 0.3) is 0 Å². The molecule has 1 spiro atoms. The molecule has 0 aliphatic heterocycles. The summed E-state index contributed by atoms with van der Waals surface area (Å²) in [6.07, 6.45) is 12.4. The third kappa shape index (κ3) is 2.60. The van der Waals surface area contributed by atoms with Gasteiger partial charge in [-0.1, -0.05) is 30.2 Å². The third-order valence-electron chi connectivity index (χ3n) is 4.85. The fourth-order valence-corrected chi connectivity index (χ4v) is 3.66. The molecule has 1 heteroatoms. The van der Waals surface area contributed by atoms with Gasteiger partial charge in [0, 0.05) is 11.8 Å². The second-order valence-corrected chi connectivity index (χ2v) is 6.37. The van der Waals surface area contributed by atoms with Crippen molar-refractivity contribution in [3.63, 3.8) is 0 Å². The maximum Gasteiger partial charge on any atom is 0.139 e. The van der Waals surface area contributed by atoms with Crippen LogP contribution in [-0.2, 0) is 4.79 Å². The largest absolute Gasteiger partial charge is 0.299 e. The molecule has 0 radical (unpaired) electrons. The molecule has 0 aromatic heterocycles. The molecule has 0 aromatic carbocycles. The summed E-state index contributed by atoms with van der Waals surface area (Å²) in [6.45, 7) is 6.57. The quantitative estimate of drug-likeness (QED) is 0.652. The van der Waals surface area contributed by atoms with Gasteiger partial charge in [-0.15, -0.1) is 0 Å². The van der Waals surface area contributed by atoms with Crippen LogP contribution in [0.1, 0.15) is 65.7 Å². The normalized spacial score (nSPS) is 31.6. The summed E-state index contributed by atoms with van der Waals surface area (Å²) in [7, 11) is 0. The van der Waals surface area contributed by atoms with E-state index in [9.17, 15) is 4.79 Å². The lowest BCUT2D eigenvalue weighted by Crippen LogP contribution is -2.34. The first-order valence-corrected chi connectivity index (χ1v) is 7.41. The van der Waals surface area contributed by atoms with Crippen molar-refractivity contribution in [1.82, 2.24) is 0 Å². The van der Waals surface area contributed by atoms with Crippen molar-refractivity contribution in [1.29, 1.82) is 0 Å². The second-order valence-electron chi connectivity index (χ2n) is 6.37. The van der Waals surface area contributed by atoms with Crippen LogP contribution in [0, 0.1) is 11.3 Å².